The number of hydrogen-bond acceptors (Lipinski definition) is 1. The fourth-order valence-electron chi connectivity index (χ4n) is 1.58. The predicted molar refractivity (Wildman–Crippen MR) is 53.6 cm³/mol. The molecule has 2 aromatic rings. The third-order valence-electron chi connectivity index (χ3n) is 2.53. The highest BCUT2D eigenvalue weighted by atomic mass is 19.4. The third kappa shape index (κ3) is 2.06. The van der Waals surface area contributed by atoms with Crippen LogP contribution in [-0.4, -0.2) is 22.9 Å². The molecule has 19 heavy (non-hydrogen) atoms. The van der Waals surface area contributed by atoms with Gasteiger partial charge >= 0.3 is 12.1 Å². The fourth-order valence-corrected chi connectivity index (χ4v) is 1.58. The molecular weight excluding hydrogens is 276 g/mol. The van der Waals surface area contributed by atoms with Crippen molar-refractivity contribution in [2.24, 2.45) is 0 Å². The zero-order chi connectivity index (χ0) is 14.4. The summed E-state index contributed by atoms with van der Waals surface area (Å²) in [5.74, 6) is -8.79. The van der Waals surface area contributed by atoms with Gasteiger partial charge in [-0.15, -0.1) is 0 Å². The van der Waals surface area contributed by atoms with Gasteiger partial charge in [-0.1, -0.05) is 0 Å². The van der Waals surface area contributed by atoms with E-state index in [2.05, 4.69) is 4.98 Å². The van der Waals surface area contributed by atoms with Gasteiger partial charge in [0.1, 0.15) is 5.82 Å². The normalized spacial score (nSPS) is 12.9. The van der Waals surface area contributed by atoms with Crippen LogP contribution in [0, 0.1) is 5.82 Å². The number of ketones is 1. The van der Waals surface area contributed by atoms with Gasteiger partial charge in [0, 0.05) is 22.7 Å². The Morgan fingerprint density at radius 1 is 1.11 bits per heavy atom. The molecule has 2 nitrogen and oxygen atoms in total. The quantitative estimate of drug-likeness (QED) is 0.661. The maximum absolute atomic E-state index is 13.0. The third-order valence-corrected chi connectivity index (χ3v) is 2.53. The Bertz CT molecular complexity index is 642. The Morgan fingerprint density at radius 2 is 1.74 bits per heavy atom. The van der Waals surface area contributed by atoms with Crippen LogP contribution in [0.5, 0.6) is 0 Å². The Morgan fingerprint density at radius 3 is 2.32 bits per heavy atom. The molecule has 8 heteroatoms. The van der Waals surface area contributed by atoms with Crippen LogP contribution >= 0.6 is 0 Å². The van der Waals surface area contributed by atoms with Crippen LogP contribution in [0.3, 0.4) is 0 Å². The van der Waals surface area contributed by atoms with Crippen molar-refractivity contribution in [3.8, 4) is 0 Å². The fraction of sp³-hybridized carbons (Fsp3) is 0.182. The van der Waals surface area contributed by atoms with Crippen molar-refractivity contribution in [3.63, 3.8) is 0 Å². The predicted octanol–water partition coefficient (Wildman–Crippen LogP) is 3.69. The van der Waals surface area contributed by atoms with E-state index in [1.165, 1.54) is 0 Å². The van der Waals surface area contributed by atoms with Gasteiger partial charge in [-0.3, -0.25) is 4.79 Å². The Hall–Kier alpha value is -1.99. The number of aromatic nitrogens is 1. The topological polar surface area (TPSA) is 32.9 Å². The minimum absolute atomic E-state index is 0.0859. The average Bonchev–Trinajstić information content (AvgIpc) is 2.69. The second kappa shape index (κ2) is 4.01. The van der Waals surface area contributed by atoms with Crippen LogP contribution in [0.15, 0.2) is 24.4 Å². The molecule has 1 aromatic heterocycles. The highest BCUT2D eigenvalue weighted by Gasteiger charge is 2.63. The molecule has 0 fully saturated rings. The van der Waals surface area contributed by atoms with Gasteiger partial charge in [0.15, 0.2) is 0 Å². The molecule has 0 amide bonds. The standard InChI is InChI=1S/C11H5F6NO/c12-5-1-2-8-6(3-5)7(4-18-8)9(19)10(13,14)11(15,16)17/h1-4,18H. The summed E-state index contributed by atoms with van der Waals surface area (Å²) in [6.45, 7) is 0. The number of hydrogen-bond donors (Lipinski definition) is 1. The lowest BCUT2D eigenvalue weighted by Crippen LogP contribution is -2.44. The number of rotatable bonds is 2. The van der Waals surface area contributed by atoms with Crippen molar-refractivity contribution >= 4 is 16.7 Å². The molecule has 0 atom stereocenters. The Balaban J connectivity index is 2.57. The van der Waals surface area contributed by atoms with Crippen molar-refractivity contribution in [3.05, 3.63) is 35.8 Å². The van der Waals surface area contributed by atoms with Crippen LogP contribution in [-0.2, 0) is 0 Å². The minimum atomic E-state index is -6.00. The van der Waals surface area contributed by atoms with E-state index in [1.54, 1.807) is 0 Å². The second-order valence-electron chi connectivity index (χ2n) is 3.79. The number of carbonyl (C=O) groups excluding carboxylic acids is 1. The van der Waals surface area contributed by atoms with E-state index in [9.17, 15) is 31.1 Å². The maximum atomic E-state index is 13.0. The SMILES string of the molecule is O=C(c1c[nH]c2ccc(F)cc12)C(F)(F)C(F)(F)F. The highest BCUT2D eigenvalue weighted by molar-refractivity contribution is 6.11. The number of nitrogens with one attached hydrogen (secondary N) is 1. The van der Waals surface area contributed by atoms with Crippen LogP contribution in [0.2, 0.25) is 0 Å². The zero-order valence-corrected chi connectivity index (χ0v) is 8.99. The number of carbonyl (C=O) groups is 1. The van der Waals surface area contributed by atoms with Gasteiger partial charge in [0.2, 0.25) is 5.78 Å². The molecule has 0 aliphatic carbocycles. The summed E-state index contributed by atoms with van der Waals surface area (Å²) < 4.78 is 75.1. The molecule has 0 spiro atoms. The van der Waals surface area contributed by atoms with Crippen molar-refractivity contribution in [1.82, 2.24) is 4.98 Å². The molecule has 1 heterocycles. The Kier molecular flexibility index (Phi) is 2.83. The lowest BCUT2D eigenvalue weighted by Gasteiger charge is -2.17. The molecule has 0 radical (unpaired) electrons. The largest absolute Gasteiger partial charge is 0.461 e. The molecule has 1 N–H and O–H groups in total. The molecule has 0 aliphatic heterocycles. The summed E-state index contributed by atoms with van der Waals surface area (Å²) in [6, 6.07) is 2.83. The first-order valence-corrected chi connectivity index (χ1v) is 4.90. The Labute approximate surface area is 102 Å². The first kappa shape index (κ1) is 13.4. The van der Waals surface area contributed by atoms with Crippen molar-refractivity contribution < 1.29 is 31.1 Å². The molecule has 102 valence electrons. The van der Waals surface area contributed by atoms with Crippen LogP contribution < -0.4 is 0 Å². The molecule has 2 rings (SSSR count). The zero-order valence-electron chi connectivity index (χ0n) is 8.99. The second-order valence-corrected chi connectivity index (χ2v) is 3.79. The summed E-state index contributed by atoms with van der Waals surface area (Å²) in [5.41, 5.74) is -0.820. The summed E-state index contributed by atoms with van der Waals surface area (Å²) in [5, 5.41) is -0.325. The smallest absolute Gasteiger partial charge is 0.360 e. The van der Waals surface area contributed by atoms with Crippen molar-refractivity contribution in [1.29, 1.82) is 0 Å². The van der Waals surface area contributed by atoms with Crippen LogP contribution in [0.4, 0.5) is 26.3 Å². The average molecular weight is 281 g/mol. The van der Waals surface area contributed by atoms with Gasteiger partial charge in [-0.2, -0.15) is 22.0 Å². The number of benzene rings is 1. The molecule has 0 aliphatic rings. The van der Waals surface area contributed by atoms with E-state index in [0.29, 0.717) is 12.3 Å². The van der Waals surface area contributed by atoms with Gasteiger partial charge in [-0.25, -0.2) is 4.39 Å². The van der Waals surface area contributed by atoms with E-state index in [-0.39, 0.29) is 10.9 Å². The number of halogens is 6. The minimum Gasteiger partial charge on any atom is -0.360 e. The van der Waals surface area contributed by atoms with Gasteiger partial charge in [-0.05, 0) is 18.2 Å². The number of fused-ring (bicyclic) bond motifs is 1. The number of aromatic amines is 1. The van der Waals surface area contributed by atoms with E-state index in [1.807, 2.05) is 0 Å². The molecule has 0 saturated heterocycles. The monoisotopic (exact) mass is 281 g/mol. The number of Topliss-reactive ketones (excluding diaryl/α,β-unsaturated/α-hetero) is 1. The molecule has 0 unspecified atom stereocenters. The summed E-state index contributed by atoms with van der Waals surface area (Å²) in [4.78, 5) is 13.6. The van der Waals surface area contributed by atoms with Crippen LogP contribution in [0.25, 0.3) is 10.9 Å². The molecular formula is C11H5F6NO. The van der Waals surface area contributed by atoms with E-state index in [0.717, 1.165) is 12.1 Å². The molecule has 0 bridgehead atoms. The summed E-state index contributed by atoms with van der Waals surface area (Å²) in [7, 11) is 0. The van der Waals surface area contributed by atoms with Gasteiger partial charge in [0.05, 0.1) is 0 Å². The first-order chi connectivity index (χ1) is 8.64. The highest BCUT2D eigenvalue weighted by Crippen LogP contribution is 2.39. The summed E-state index contributed by atoms with van der Waals surface area (Å²) >= 11 is 0. The van der Waals surface area contributed by atoms with Crippen molar-refractivity contribution in [2.75, 3.05) is 0 Å². The van der Waals surface area contributed by atoms with E-state index < -0.39 is 29.3 Å². The van der Waals surface area contributed by atoms with Crippen molar-refractivity contribution in [2.45, 2.75) is 12.1 Å². The summed E-state index contributed by atoms with van der Waals surface area (Å²) in [6.07, 6.45) is -5.30. The number of alkyl halides is 5. The molecule has 1 aromatic carbocycles. The maximum Gasteiger partial charge on any atom is 0.461 e. The number of H-pyrrole nitrogens is 1. The van der Waals surface area contributed by atoms with Gasteiger partial charge < -0.3 is 4.98 Å². The lowest BCUT2D eigenvalue weighted by atomic mass is 10.0. The first-order valence-electron chi connectivity index (χ1n) is 4.90. The lowest BCUT2D eigenvalue weighted by molar-refractivity contribution is -0.255. The van der Waals surface area contributed by atoms with E-state index >= 15 is 0 Å². The van der Waals surface area contributed by atoms with Crippen LogP contribution in [0.1, 0.15) is 10.4 Å². The van der Waals surface area contributed by atoms with Gasteiger partial charge in [0.25, 0.3) is 0 Å². The molecule has 0 saturated carbocycles. The van der Waals surface area contributed by atoms with E-state index in [4.69, 9.17) is 0 Å².